The number of fused-ring (bicyclic) bond motifs is 1. The number of hydrogen-bond donors (Lipinski definition) is 1. The van der Waals surface area contributed by atoms with Gasteiger partial charge in [-0.15, -0.1) is 0 Å². The third-order valence-corrected chi connectivity index (χ3v) is 5.97. The van der Waals surface area contributed by atoms with Crippen molar-refractivity contribution in [3.05, 3.63) is 121 Å². The van der Waals surface area contributed by atoms with Crippen LogP contribution in [0.1, 0.15) is 11.1 Å². The summed E-state index contributed by atoms with van der Waals surface area (Å²) >= 11 is 12.6. The van der Waals surface area contributed by atoms with Gasteiger partial charge in [-0.05, 0) is 29.3 Å². The van der Waals surface area contributed by atoms with Gasteiger partial charge < -0.3 is 4.57 Å². The van der Waals surface area contributed by atoms with E-state index in [1.807, 2.05) is 60.7 Å². The quantitative estimate of drug-likeness (QED) is 0.389. The van der Waals surface area contributed by atoms with Gasteiger partial charge in [-0.3, -0.25) is 14.3 Å². The van der Waals surface area contributed by atoms with Crippen LogP contribution in [0.5, 0.6) is 0 Å². The van der Waals surface area contributed by atoms with Gasteiger partial charge in [0, 0.05) is 17.1 Å². The predicted octanol–water partition coefficient (Wildman–Crippen LogP) is 4.96. The summed E-state index contributed by atoms with van der Waals surface area (Å²) in [6.07, 6.45) is 0. The molecule has 0 saturated heterocycles. The molecule has 0 aliphatic heterocycles. The van der Waals surface area contributed by atoms with Crippen LogP contribution in [0.15, 0.2) is 88.5 Å². The summed E-state index contributed by atoms with van der Waals surface area (Å²) in [5.41, 5.74) is 2.08. The summed E-state index contributed by atoms with van der Waals surface area (Å²) < 4.78 is 3.26. The van der Waals surface area contributed by atoms with Crippen LogP contribution in [0, 0.1) is 0 Å². The van der Waals surface area contributed by atoms with Gasteiger partial charge in [-0.1, -0.05) is 83.9 Å². The van der Waals surface area contributed by atoms with Crippen molar-refractivity contribution in [1.29, 1.82) is 0 Å². The van der Waals surface area contributed by atoms with E-state index >= 15 is 0 Å². The van der Waals surface area contributed by atoms with E-state index in [1.54, 1.807) is 22.8 Å². The van der Waals surface area contributed by atoms with Crippen molar-refractivity contribution in [2.75, 3.05) is 0 Å². The minimum Gasteiger partial charge on any atom is -0.314 e. The van der Waals surface area contributed by atoms with Crippen LogP contribution in [-0.2, 0) is 13.1 Å². The Balaban J connectivity index is 1.80. The average molecular weight is 477 g/mol. The molecule has 0 aliphatic rings. The molecule has 5 rings (SSSR count). The molecule has 0 unspecified atom stereocenters. The number of nitrogens with one attached hydrogen (secondary N) is 1. The fourth-order valence-electron chi connectivity index (χ4n) is 3.88. The molecule has 0 radical (unpaired) electrons. The zero-order valence-electron chi connectivity index (χ0n) is 17.3. The highest BCUT2D eigenvalue weighted by Crippen LogP contribution is 2.32. The van der Waals surface area contributed by atoms with Crippen LogP contribution in [0.3, 0.4) is 0 Å². The Labute approximate surface area is 198 Å². The molecule has 0 fully saturated rings. The molecule has 0 atom stereocenters. The second-order valence-electron chi connectivity index (χ2n) is 7.63. The number of aromatic amines is 1. The minimum atomic E-state index is -0.519. The number of halogens is 2. The molecule has 8 heteroatoms. The van der Waals surface area contributed by atoms with E-state index in [1.165, 1.54) is 4.57 Å². The third-order valence-electron chi connectivity index (χ3n) is 5.42. The van der Waals surface area contributed by atoms with E-state index < -0.39 is 11.2 Å². The van der Waals surface area contributed by atoms with E-state index in [2.05, 4.69) is 4.98 Å². The Morgan fingerprint density at radius 1 is 0.788 bits per heavy atom. The molecule has 1 N–H and O–H groups in total. The Bertz CT molecular complexity index is 1570. The van der Waals surface area contributed by atoms with Crippen LogP contribution >= 0.6 is 23.2 Å². The third kappa shape index (κ3) is 4.11. The van der Waals surface area contributed by atoms with Crippen molar-refractivity contribution in [2.24, 2.45) is 0 Å². The second kappa shape index (κ2) is 8.73. The molecular formula is C25H18Cl2N4O2. The Morgan fingerprint density at radius 3 is 2.00 bits per heavy atom. The van der Waals surface area contributed by atoms with E-state index in [0.717, 1.165) is 11.1 Å². The summed E-state index contributed by atoms with van der Waals surface area (Å²) in [5.74, 6) is 0.480. The first kappa shape index (κ1) is 21.2. The van der Waals surface area contributed by atoms with Gasteiger partial charge in [0.2, 0.25) is 0 Å². The van der Waals surface area contributed by atoms with Crippen molar-refractivity contribution < 1.29 is 0 Å². The fraction of sp³-hybridized carbons (Fsp3) is 0.0800. The van der Waals surface area contributed by atoms with Gasteiger partial charge in [0.05, 0.1) is 11.6 Å². The molecule has 164 valence electrons. The molecule has 5 aromatic rings. The highest BCUT2D eigenvalue weighted by Gasteiger charge is 2.21. The number of benzene rings is 3. The van der Waals surface area contributed by atoms with Crippen molar-refractivity contribution in [1.82, 2.24) is 19.1 Å². The monoisotopic (exact) mass is 476 g/mol. The molecule has 0 saturated carbocycles. The second-order valence-corrected chi connectivity index (χ2v) is 8.48. The van der Waals surface area contributed by atoms with Crippen molar-refractivity contribution in [3.8, 4) is 11.4 Å². The number of imidazole rings is 1. The SMILES string of the molecule is O=c1[nH]c(=O)n(Cc2ccccc2)c2nc(-c3ccc(Cl)cc3Cl)n(Cc3ccccc3)c12. The zero-order chi connectivity index (χ0) is 22.9. The zero-order valence-corrected chi connectivity index (χ0v) is 18.8. The first-order valence-corrected chi connectivity index (χ1v) is 11.0. The standard InChI is InChI=1S/C25H18Cl2N4O2/c26-18-11-12-19(20(27)13-18)22-28-23-21(30(22)14-16-7-3-1-4-8-16)24(32)29-25(33)31(23)15-17-9-5-2-6-10-17/h1-13H,14-15H2,(H,29,32,33). The van der Waals surface area contributed by atoms with Crippen LogP contribution in [0.25, 0.3) is 22.6 Å². The number of aromatic nitrogens is 4. The van der Waals surface area contributed by atoms with Gasteiger partial charge in [0.25, 0.3) is 5.56 Å². The van der Waals surface area contributed by atoms with Gasteiger partial charge >= 0.3 is 5.69 Å². The Morgan fingerprint density at radius 2 is 1.39 bits per heavy atom. The molecular weight excluding hydrogens is 459 g/mol. The van der Waals surface area contributed by atoms with Gasteiger partial charge in [0.15, 0.2) is 11.2 Å². The highest BCUT2D eigenvalue weighted by atomic mass is 35.5. The summed E-state index contributed by atoms with van der Waals surface area (Å²) in [6.45, 7) is 0.640. The summed E-state index contributed by atoms with van der Waals surface area (Å²) in [7, 11) is 0. The first-order chi connectivity index (χ1) is 16.0. The van der Waals surface area contributed by atoms with E-state index in [-0.39, 0.29) is 6.54 Å². The van der Waals surface area contributed by atoms with Crippen LogP contribution in [0.2, 0.25) is 10.0 Å². The fourth-order valence-corrected chi connectivity index (χ4v) is 4.37. The molecule has 0 aliphatic carbocycles. The normalized spacial score (nSPS) is 11.2. The first-order valence-electron chi connectivity index (χ1n) is 10.3. The Kier molecular flexibility index (Phi) is 5.62. The lowest BCUT2D eigenvalue weighted by Crippen LogP contribution is -2.31. The van der Waals surface area contributed by atoms with Crippen molar-refractivity contribution >= 4 is 34.4 Å². The van der Waals surface area contributed by atoms with Gasteiger partial charge in [-0.25, -0.2) is 9.78 Å². The number of H-pyrrole nitrogens is 1. The average Bonchev–Trinajstić information content (AvgIpc) is 3.17. The maximum Gasteiger partial charge on any atom is 0.330 e. The molecule has 2 heterocycles. The van der Waals surface area contributed by atoms with Crippen LogP contribution < -0.4 is 11.2 Å². The lowest BCUT2D eigenvalue weighted by molar-refractivity contribution is 0.745. The van der Waals surface area contributed by atoms with Crippen molar-refractivity contribution in [3.63, 3.8) is 0 Å². The summed E-state index contributed by atoms with van der Waals surface area (Å²) in [4.78, 5) is 33.0. The van der Waals surface area contributed by atoms with E-state index in [4.69, 9.17) is 28.2 Å². The summed E-state index contributed by atoms with van der Waals surface area (Å²) in [5, 5.41) is 0.897. The molecule has 2 aromatic heterocycles. The molecule has 0 spiro atoms. The molecule has 6 nitrogen and oxygen atoms in total. The maximum absolute atomic E-state index is 13.0. The molecule has 0 bridgehead atoms. The lowest BCUT2D eigenvalue weighted by Gasteiger charge is -2.11. The Hall–Kier alpha value is -3.61. The number of hydrogen-bond acceptors (Lipinski definition) is 3. The largest absolute Gasteiger partial charge is 0.330 e. The molecule has 0 amide bonds. The number of nitrogens with zero attached hydrogens (tertiary/aromatic N) is 3. The minimum absolute atomic E-state index is 0.267. The van der Waals surface area contributed by atoms with Gasteiger partial charge in [-0.2, -0.15) is 0 Å². The van der Waals surface area contributed by atoms with Crippen LogP contribution in [-0.4, -0.2) is 19.1 Å². The molecule has 3 aromatic carbocycles. The predicted molar refractivity (Wildman–Crippen MR) is 131 cm³/mol. The smallest absolute Gasteiger partial charge is 0.314 e. The summed E-state index contributed by atoms with van der Waals surface area (Å²) in [6, 6.07) is 24.4. The maximum atomic E-state index is 13.0. The van der Waals surface area contributed by atoms with Gasteiger partial charge in [0.1, 0.15) is 5.82 Å². The highest BCUT2D eigenvalue weighted by molar-refractivity contribution is 6.36. The van der Waals surface area contributed by atoms with E-state index in [0.29, 0.717) is 39.1 Å². The topological polar surface area (TPSA) is 72.7 Å². The van der Waals surface area contributed by atoms with Crippen molar-refractivity contribution in [2.45, 2.75) is 13.1 Å². The molecule has 33 heavy (non-hydrogen) atoms. The lowest BCUT2D eigenvalue weighted by atomic mass is 10.2. The van der Waals surface area contributed by atoms with E-state index in [9.17, 15) is 9.59 Å². The number of rotatable bonds is 5. The van der Waals surface area contributed by atoms with Crippen LogP contribution in [0.4, 0.5) is 0 Å².